The monoisotopic (exact) mass is 530 g/mol. The second-order valence-electron chi connectivity index (χ2n) is 7.18. The third-order valence-electron chi connectivity index (χ3n) is 4.34. The summed E-state index contributed by atoms with van der Waals surface area (Å²) in [6.45, 7) is -1.66. The minimum Gasteiger partial charge on any atom is -0.394 e. The molecule has 35 heavy (non-hydrogen) atoms. The molecular weight excluding hydrogens is 496 g/mol. The lowest BCUT2D eigenvalue weighted by molar-refractivity contribution is -0.121. The highest BCUT2D eigenvalue weighted by atomic mass is 32.2. The third-order valence-corrected chi connectivity index (χ3v) is 5.33. The Morgan fingerprint density at radius 2 is 1.00 bits per heavy atom. The van der Waals surface area contributed by atoms with Crippen molar-refractivity contribution in [1.82, 2.24) is 10.9 Å². The summed E-state index contributed by atoms with van der Waals surface area (Å²) in [6, 6.07) is 0. The third kappa shape index (κ3) is 13.8. The van der Waals surface area contributed by atoms with Crippen molar-refractivity contribution in [3.05, 3.63) is 0 Å². The van der Waals surface area contributed by atoms with Gasteiger partial charge in [-0.3, -0.25) is 9.59 Å². The molecule has 204 valence electrons. The van der Waals surface area contributed by atoms with E-state index in [1.165, 1.54) is 11.8 Å². The van der Waals surface area contributed by atoms with Gasteiger partial charge in [0.1, 0.15) is 48.8 Å². The first-order valence-electron chi connectivity index (χ1n) is 10.3. The van der Waals surface area contributed by atoms with Crippen LogP contribution in [0.5, 0.6) is 0 Å². The molecule has 0 aliphatic rings. The number of aliphatic hydroxyl groups is 10. The second-order valence-corrected chi connectivity index (χ2v) is 8.41. The summed E-state index contributed by atoms with van der Waals surface area (Å²) in [5, 5.41) is 99.9. The van der Waals surface area contributed by atoms with Gasteiger partial charge in [-0.15, -0.1) is 0 Å². The van der Waals surface area contributed by atoms with E-state index in [0.717, 1.165) is 12.4 Å². The zero-order valence-electron chi connectivity index (χ0n) is 18.6. The van der Waals surface area contributed by atoms with Gasteiger partial charge in [-0.25, -0.2) is 10.9 Å². The predicted octanol–water partition coefficient (Wildman–Crippen LogP) is -6.42. The number of carbonyl (C=O) groups is 2. The molecule has 17 heteroatoms. The van der Waals surface area contributed by atoms with Crippen LogP contribution < -0.4 is 10.9 Å². The molecule has 16 nitrogen and oxygen atoms in total. The molecule has 0 spiro atoms. The number of carbonyl (C=O) groups excluding carboxylic acids is 2. The molecule has 0 aromatic heterocycles. The Bertz CT molecular complexity index is 619. The molecule has 0 bridgehead atoms. The lowest BCUT2D eigenvalue weighted by Crippen LogP contribution is -2.46. The molecule has 0 radical (unpaired) electrons. The van der Waals surface area contributed by atoms with E-state index in [-0.39, 0.29) is 12.8 Å². The molecule has 0 heterocycles. The van der Waals surface area contributed by atoms with Crippen LogP contribution in [0, 0.1) is 0 Å². The Kier molecular flexibility index (Phi) is 17.6. The van der Waals surface area contributed by atoms with E-state index in [2.05, 4.69) is 21.1 Å². The molecule has 2 amide bonds. The van der Waals surface area contributed by atoms with Gasteiger partial charge >= 0.3 is 0 Å². The van der Waals surface area contributed by atoms with Crippen molar-refractivity contribution in [2.45, 2.75) is 61.7 Å². The molecular formula is C18H34N4O12S. The number of amides is 2. The van der Waals surface area contributed by atoms with Crippen LogP contribution in [-0.4, -0.2) is 149 Å². The minimum absolute atomic E-state index is 0.00161. The smallest absolute Gasteiger partial charge is 0.240 e. The van der Waals surface area contributed by atoms with E-state index in [4.69, 9.17) is 10.2 Å². The van der Waals surface area contributed by atoms with Crippen LogP contribution in [0.4, 0.5) is 0 Å². The Hall–Kier alpha value is -1.77. The van der Waals surface area contributed by atoms with Gasteiger partial charge in [-0.2, -0.15) is 22.0 Å². The van der Waals surface area contributed by atoms with Crippen molar-refractivity contribution in [1.29, 1.82) is 0 Å². The molecule has 0 aliphatic carbocycles. The molecule has 0 saturated carbocycles. The topological polar surface area (TPSA) is 285 Å². The van der Waals surface area contributed by atoms with Crippen LogP contribution in [-0.2, 0) is 9.59 Å². The number of nitrogens with one attached hydrogen (secondary N) is 2. The highest BCUT2D eigenvalue weighted by molar-refractivity contribution is 7.99. The van der Waals surface area contributed by atoms with E-state index < -0.39 is 73.9 Å². The first-order valence-corrected chi connectivity index (χ1v) is 11.5. The molecule has 0 aromatic rings. The van der Waals surface area contributed by atoms with E-state index in [1.54, 1.807) is 0 Å². The van der Waals surface area contributed by atoms with Crippen molar-refractivity contribution in [2.24, 2.45) is 10.2 Å². The van der Waals surface area contributed by atoms with Crippen LogP contribution in [0.1, 0.15) is 12.8 Å². The van der Waals surface area contributed by atoms with Crippen molar-refractivity contribution in [3.8, 4) is 0 Å². The minimum atomic E-state index is -1.84. The maximum atomic E-state index is 11.7. The Morgan fingerprint density at radius 1 is 0.657 bits per heavy atom. The Balaban J connectivity index is 4.08. The summed E-state index contributed by atoms with van der Waals surface area (Å²) in [5.74, 6) is -0.469. The summed E-state index contributed by atoms with van der Waals surface area (Å²) in [7, 11) is 0. The number of thioether (sulfide) groups is 1. The van der Waals surface area contributed by atoms with Gasteiger partial charge in [0.05, 0.1) is 25.6 Å². The number of nitrogens with zero attached hydrogens (tertiary/aromatic N) is 2. The van der Waals surface area contributed by atoms with Gasteiger partial charge in [-0.05, 0) is 0 Å². The number of rotatable bonds is 18. The summed E-state index contributed by atoms with van der Waals surface area (Å²) in [4.78, 5) is 23.3. The molecule has 0 rings (SSSR count). The highest BCUT2D eigenvalue weighted by Crippen LogP contribution is 2.06. The number of hydrazone groups is 2. The summed E-state index contributed by atoms with van der Waals surface area (Å²) < 4.78 is 0. The largest absolute Gasteiger partial charge is 0.394 e. The molecule has 0 fully saturated rings. The predicted molar refractivity (Wildman–Crippen MR) is 122 cm³/mol. The summed E-state index contributed by atoms with van der Waals surface area (Å²) >= 11 is 1.25. The first kappa shape index (κ1) is 33.2. The van der Waals surface area contributed by atoms with Crippen LogP contribution in [0.15, 0.2) is 10.2 Å². The molecule has 8 unspecified atom stereocenters. The van der Waals surface area contributed by atoms with E-state index in [9.17, 15) is 50.4 Å². The second kappa shape index (κ2) is 18.5. The number of hydrogen-bond donors (Lipinski definition) is 12. The molecule has 8 atom stereocenters. The molecule has 0 aromatic carbocycles. The van der Waals surface area contributed by atoms with E-state index in [1.807, 2.05) is 0 Å². The van der Waals surface area contributed by atoms with Gasteiger partial charge < -0.3 is 51.1 Å². The van der Waals surface area contributed by atoms with Crippen molar-refractivity contribution in [2.75, 3.05) is 24.7 Å². The van der Waals surface area contributed by atoms with E-state index >= 15 is 0 Å². The first-order chi connectivity index (χ1) is 16.5. The molecule has 0 saturated heterocycles. The van der Waals surface area contributed by atoms with Gasteiger partial charge in [0.15, 0.2) is 0 Å². The lowest BCUT2D eigenvalue weighted by atomic mass is 10.0. The summed E-state index contributed by atoms with van der Waals surface area (Å²) in [6.07, 6.45) is -12.6. The Morgan fingerprint density at radius 3 is 1.31 bits per heavy atom. The lowest BCUT2D eigenvalue weighted by Gasteiger charge is -2.23. The van der Waals surface area contributed by atoms with Gasteiger partial charge in [-0.1, -0.05) is 0 Å². The van der Waals surface area contributed by atoms with Gasteiger partial charge in [0.2, 0.25) is 11.8 Å². The quantitative estimate of drug-likeness (QED) is 0.0446. The average Bonchev–Trinajstić information content (AvgIpc) is 2.85. The zero-order chi connectivity index (χ0) is 27.0. The fourth-order valence-electron chi connectivity index (χ4n) is 2.17. The van der Waals surface area contributed by atoms with Crippen LogP contribution in [0.2, 0.25) is 0 Å². The molecule has 12 N–H and O–H groups in total. The van der Waals surface area contributed by atoms with Crippen LogP contribution in [0.3, 0.4) is 0 Å². The summed E-state index contributed by atoms with van der Waals surface area (Å²) in [5.41, 5.74) is 4.16. The highest BCUT2D eigenvalue weighted by Gasteiger charge is 2.30. The van der Waals surface area contributed by atoms with Crippen LogP contribution >= 0.6 is 11.8 Å². The number of hydrogen-bond acceptors (Lipinski definition) is 15. The normalized spacial score (nSPS) is 19.0. The maximum absolute atomic E-state index is 11.7. The number of aliphatic hydroxyl groups excluding tert-OH is 10. The van der Waals surface area contributed by atoms with Crippen molar-refractivity contribution in [3.63, 3.8) is 0 Å². The van der Waals surface area contributed by atoms with E-state index in [0.29, 0.717) is 11.5 Å². The van der Waals surface area contributed by atoms with Gasteiger partial charge in [0.25, 0.3) is 0 Å². The Labute approximate surface area is 204 Å². The maximum Gasteiger partial charge on any atom is 0.240 e. The SMILES string of the molecule is O=C(CCSCCC(=O)N/N=C/C(O)C(O)C(O)C(O)CO)NN=CC(O)C(O)C(O)C(O)CO. The fourth-order valence-corrected chi connectivity index (χ4v) is 3.03. The fraction of sp³-hybridized carbons (Fsp3) is 0.778. The van der Waals surface area contributed by atoms with Crippen molar-refractivity contribution < 1.29 is 60.7 Å². The standard InChI is InChI=1S/C18H34N4O12S/c23-7-11(27)17(33)15(31)9(25)5-19-21-13(29)1-3-35-4-2-14(30)22-20-6-10(26)16(32)18(34)12(28)8-24/h5-6,9-12,15-18,23-28,31-34H,1-4,7-8H2,(H,21,29)(H,22,30)/b19-5+,20-6?. The van der Waals surface area contributed by atoms with Crippen LogP contribution in [0.25, 0.3) is 0 Å². The molecule has 0 aliphatic heterocycles. The average molecular weight is 531 g/mol. The van der Waals surface area contributed by atoms with Gasteiger partial charge in [0, 0.05) is 24.3 Å². The van der Waals surface area contributed by atoms with Crippen molar-refractivity contribution >= 4 is 36.0 Å². The zero-order valence-corrected chi connectivity index (χ0v) is 19.4.